The van der Waals surface area contributed by atoms with Crippen LogP contribution in [0.15, 0.2) is 66.9 Å². The van der Waals surface area contributed by atoms with Crippen molar-refractivity contribution in [2.24, 2.45) is 0 Å². The highest BCUT2D eigenvalue weighted by Gasteiger charge is 2.09. The first-order valence-corrected chi connectivity index (χ1v) is 9.34. The minimum absolute atomic E-state index is 0.0840. The summed E-state index contributed by atoms with van der Waals surface area (Å²) < 4.78 is 5.81. The quantitative estimate of drug-likeness (QED) is 0.620. The van der Waals surface area contributed by atoms with Crippen LogP contribution in [0.5, 0.6) is 5.75 Å². The van der Waals surface area contributed by atoms with Crippen molar-refractivity contribution in [1.29, 1.82) is 0 Å². The van der Waals surface area contributed by atoms with Crippen LogP contribution in [0.1, 0.15) is 35.5 Å². The molecule has 3 aromatic rings. The second-order valence-electron chi connectivity index (χ2n) is 6.89. The average Bonchev–Trinajstić information content (AvgIpc) is 2.69. The van der Waals surface area contributed by atoms with Crippen molar-refractivity contribution in [3.05, 3.63) is 83.7 Å². The SMILES string of the molecule is Cc1ccc(CNC(=O)c2ccc(Nc3ccccc3OC(C)C)cn2)cc1. The van der Waals surface area contributed by atoms with Crippen LogP contribution in [-0.2, 0) is 6.54 Å². The summed E-state index contributed by atoms with van der Waals surface area (Å²) in [4.78, 5) is 16.6. The molecular formula is C23H25N3O2. The summed E-state index contributed by atoms with van der Waals surface area (Å²) in [5, 5.41) is 6.18. The number of benzene rings is 2. The Morgan fingerprint density at radius 1 is 1.04 bits per heavy atom. The summed E-state index contributed by atoms with van der Waals surface area (Å²) in [5.41, 5.74) is 4.27. The van der Waals surface area contributed by atoms with E-state index in [1.165, 1.54) is 5.56 Å². The Morgan fingerprint density at radius 3 is 2.46 bits per heavy atom. The molecule has 5 heteroatoms. The molecule has 0 radical (unpaired) electrons. The lowest BCUT2D eigenvalue weighted by molar-refractivity contribution is 0.0946. The Balaban J connectivity index is 1.62. The van der Waals surface area contributed by atoms with Gasteiger partial charge in [0.1, 0.15) is 11.4 Å². The number of aromatic nitrogens is 1. The third kappa shape index (κ3) is 5.33. The molecule has 0 atom stereocenters. The molecular weight excluding hydrogens is 350 g/mol. The number of pyridine rings is 1. The predicted octanol–water partition coefficient (Wildman–Crippen LogP) is 4.85. The molecule has 0 unspecified atom stereocenters. The van der Waals surface area contributed by atoms with Gasteiger partial charge in [-0.05, 0) is 50.6 Å². The molecule has 0 spiro atoms. The minimum atomic E-state index is -0.198. The molecule has 1 aromatic heterocycles. The number of nitrogens with zero attached hydrogens (tertiary/aromatic N) is 1. The molecule has 1 heterocycles. The van der Waals surface area contributed by atoms with Crippen molar-refractivity contribution in [2.75, 3.05) is 5.32 Å². The normalized spacial score (nSPS) is 10.6. The Kier molecular flexibility index (Phi) is 6.27. The third-order valence-corrected chi connectivity index (χ3v) is 4.10. The van der Waals surface area contributed by atoms with Gasteiger partial charge < -0.3 is 15.4 Å². The fourth-order valence-corrected chi connectivity index (χ4v) is 2.66. The highest BCUT2D eigenvalue weighted by molar-refractivity contribution is 5.92. The standard InChI is InChI=1S/C23H25N3O2/c1-16(2)28-22-7-5-4-6-20(22)26-19-12-13-21(24-15-19)23(27)25-14-18-10-8-17(3)9-11-18/h4-13,15-16,26H,14H2,1-3H3,(H,25,27). The fourth-order valence-electron chi connectivity index (χ4n) is 2.66. The van der Waals surface area contributed by atoms with E-state index >= 15 is 0 Å². The Bertz CT molecular complexity index is 919. The maximum absolute atomic E-state index is 12.3. The third-order valence-electron chi connectivity index (χ3n) is 4.10. The first-order chi connectivity index (χ1) is 13.5. The second kappa shape index (κ2) is 9.04. The van der Waals surface area contributed by atoms with Crippen LogP contribution in [0, 0.1) is 6.92 Å². The van der Waals surface area contributed by atoms with Crippen molar-refractivity contribution in [3.63, 3.8) is 0 Å². The van der Waals surface area contributed by atoms with Gasteiger partial charge in [0.2, 0.25) is 0 Å². The van der Waals surface area contributed by atoms with Crippen molar-refractivity contribution >= 4 is 17.3 Å². The van der Waals surface area contributed by atoms with Crippen LogP contribution in [0.2, 0.25) is 0 Å². The zero-order chi connectivity index (χ0) is 19.9. The molecule has 0 aliphatic carbocycles. The lowest BCUT2D eigenvalue weighted by atomic mass is 10.1. The van der Waals surface area contributed by atoms with Crippen molar-refractivity contribution in [1.82, 2.24) is 10.3 Å². The van der Waals surface area contributed by atoms with E-state index < -0.39 is 0 Å². The number of aryl methyl sites for hydroxylation is 1. The first kappa shape index (κ1) is 19.4. The van der Waals surface area contributed by atoms with E-state index in [-0.39, 0.29) is 12.0 Å². The monoisotopic (exact) mass is 375 g/mol. The Labute approximate surface area is 165 Å². The van der Waals surface area contributed by atoms with Crippen molar-refractivity contribution in [3.8, 4) is 5.75 Å². The molecule has 2 aromatic carbocycles. The van der Waals surface area contributed by atoms with Crippen LogP contribution in [0.4, 0.5) is 11.4 Å². The first-order valence-electron chi connectivity index (χ1n) is 9.34. The summed E-state index contributed by atoms with van der Waals surface area (Å²) >= 11 is 0. The molecule has 0 aliphatic heterocycles. The lowest BCUT2D eigenvalue weighted by Gasteiger charge is -2.15. The molecule has 28 heavy (non-hydrogen) atoms. The molecule has 0 saturated carbocycles. The summed E-state index contributed by atoms with van der Waals surface area (Å²) in [6.07, 6.45) is 1.73. The number of hydrogen-bond acceptors (Lipinski definition) is 4. The molecule has 1 amide bonds. The van der Waals surface area contributed by atoms with Gasteiger partial charge in [0, 0.05) is 6.54 Å². The van der Waals surface area contributed by atoms with Crippen LogP contribution < -0.4 is 15.4 Å². The summed E-state index contributed by atoms with van der Waals surface area (Å²) in [6.45, 7) is 6.49. The Morgan fingerprint density at radius 2 is 1.79 bits per heavy atom. The largest absolute Gasteiger partial charge is 0.489 e. The van der Waals surface area contributed by atoms with E-state index in [1.807, 2.05) is 75.4 Å². The van der Waals surface area contributed by atoms with E-state index in [4.69, 9.17) is 4.74 Å². The topological polar surface area (TPSA) is 63.2 Å². The smallest absolute Gasteiger partial charge is 0.270 e. The average molecular weight is 375 g/mol. The zero-order valence-corrected chi connectivity index (χ0v) is 16.4. The van der Waals surface area contributed by atoms with E-state index in [2.05, 4.69) is 15.6 Å². The van der Waals surface area contributed by atoms with Crippen molar-refractivity contribution < 1.29 is 9.53 Å². The number of para-hydroxylation sites is 2. The van der Waals surface area contributed by atoms with Gasteiger partial charge in [-0.1, -0.05) is 42.0 Å². The molecule has 0 bridgehead atoms. The molecule has 0 fully saturated rings. The van der Waals surface area contributed by atoms with E-state index in [0.717, 1.165) is 22.7 Å². The highest BCUT2D eigenvalue weighted by Crippen LogP contribution is 2.28. The summed E-state index contributed by atoms with van der Waals surface area (Å²) in [7, 11) is 0. The Hall–Kier alpha value is -3.34. The number of carbonyl (C=O) groups is 1. The van der Waals surface area contributed by atoms with Crippen LogP contribution in [-0.4, -0.2) is 17.0 Å². The molecule has 0 aliphatic rings. The van der Waals surface area contributed by atoms with Gasteiger partial charge in [0.25, 0.3) is 5.91 Å². The molecule has 0 saturated heterocycles. The van der Waals surface area contributed by atoms with Gasteiger partial charge >= 0.3 is 0 Å². The highest BCUT2D eigenvalue weighted by atomic mass is 16.5. The van der Waals surface area contributed by atoms with E-state index in [0.29, 0.717) is 12.2 Å². The number of anilines is 2. The summed E-state index contributed by atoms with van der Waals surface area (Å²) in [6, 6.07) is 19.3. The van der Waals surface area contributed by atoms with E-state index in [1.54, 1.807) is 12.3 Å². The van der Waals surface area contributed by atoms with Crippen LogP contribution in [0.25, 0.3) is 0 Å². The molecule has 2 N–H and O–H groups in total. The van der Waals surface area contributed by atoms with Gasteiger partial charge in [-0.15, -0.1) is 0 Å². The van der Waals surface area contributed by atoms with Gasteiger partial charge in [-0.25, -0.2) is 4.98 Å². The molecule has 144 valence electrons. The number of nitrogens with one attached hydrogen (secondary N) is 2. The summed E-state index contributed by atoms with van der Waals surface area (Å²) in [5.74, 6) is 0.577. The predicted molar refractivity (Wildman–Crippen MR) is 112 cm³/mol. The molecule has 3 rings (SSSR count). The van der Waals surface area contributed by atoms with Gasteiger partial charge in [-0.3, -0.25) is 4.79 Å². The number of carbonyl (C=O) groups excluding carboxylic acids is 1. The number of rotatable bonds is 7. The number of amides is 1. The van der Waals surface area contributed by atoms with Crippen LogP contribution >= 0.6 is 0 Å². The number of ether oxygens (including phenoxy) is 1. The zero-order valence-electron chi connectivity index (χ0n) is 16.4. The maximum atomic E-state index is 12.3. The van der Waals surface area contributed by atoms with Crippen LogP contribution in [0.3, 0.4) is 0 Å². The second-order valence-corrected chi connectivity index (χ2v) is 6.89. The van der Waals surface area contributed by atoms with Gasteiger partial charge in [0.15, 0.2) is 0 Å². The lowest BCUT2D eigenvalue weighted by Crippen LogP contribution is -2.23. The minimum Gasteiger partial charge on any atom is -0.489 e. The fraction of sp³-hybridized carbons (Fsp3) is 0.217. The number of hydrogen-bond donors (Lipinski definition) is 2. The van der Waals surface area contributed by atoms with Crippen molar-refractivity contribution in [2.45, 2.75) is 33.4 Å². The molecule has 5 nitrogen and oxygen atoms in total. The maximum Gasteiger partial charge on any atom is 0.270 e. The van der Waals surface area contributed by atoms with Gasteiger partial charge in [-0.2, -0.15) is 0 Å². The van der Waals surface area contributed by atoms with Gasteiger partial charge in [0.05, 0.1) is 23.7 Å². The van der Waals surface area contributed by atoms with E-state index in [9.17, 15) is 4.79 Å².